The van der Waals surface area contributed by atoms with Crippen molar-refractivity contribution in [1.29, 1.82) is 0 Å². The van der Waals surface area contributed by atoms with Gasteiger partial charge in [0.05, 0.1) is 4.47 Å². The molecule has 1 atom stereocenters. The van der Waals surface area contributed by atoms with Gasteiger partial charge in [-0.15, -0.1) is 0 Å². The lowest BCUT2D eigenvalue weighted by atomic mass is 9.99. The summed E-state index contributed by atoms with van der Waals surface area (Å²) < 4.78 is 13.8. The minimum Gasteiger partial charge on any atom is -0.313 e. The Morgan fingerprint density at radius 2 is 1.90 bits per heavy atom. The summed E-state index contributed by atoms with van der Waals surface area (Å²) in [5.41, 5.74) is 2.48. The van der Waals surface area contributed by atoms with Gasteiger partial charge in [0.15, 0.2) is 0 Å². The molecule has 0 aliphatic carbocycles. The predicted molar refractivity (Wildman–Crippen MR) is 85.3 cm³/mol. The van der Waals surface area contributed by atoms with E-state index < -0.39 is 0 Å². The first kappa shape index (κ1) is 15.2. The molecule has 0 saturated carbocycles. The number of benzene rings is 2. The Morgan fingerprint density at radius 3 is 2.55 bits per heavy atom. The molecule has 0 bridgehead atoms. The van der Waals surface area contributed by atoms with Crippen LogP contribution in [0.1, 0.15) is 30.0 Å². The van der Waals surface area contributed by atoms with Crippen LogP contribution in [0.25, 0.3) is 0 Å². The molecule has 1 unspecified atom stereocenters. The molecule has 2 rings (SSSR count). The first-order valence-corrected chi connectivity index (χ1v) is 7.66. The zero-order valence-electron chi connectivity index (χ0n) is 11.6. The van der Waals surface area contributed by atoms with Gasteiger partial charge in [0.1, 0.15) is 5.82 Å². The topological polar surface area (TPSA) is 12.0 Å². The van der Waals surface area contributed by atoms with Crippen molar-refractivity contribution < 1.29 is 4.39 Å². The standard InChI is InChI=1S/C17H19BrFN/c1-20-17(14-10-11-16(19)15(18)12-14)9-5-8-13-6-3-2-4-7-13/h2-4,6-7,10-12,17,20H,5,8-9H2,1H3. The summed E-state index contributed by atoms with van der Waals surface area (Å²) in [7, 11) is 1.95. The summed E-state index contributed by atoms with van der Waals surface area (Å²) in [5, 5.41) is 3.31. The fourth-order valence-electron chi connectivity index (χ4n) is 2.36. The molecular formula is C17H19BrFN. The van der Waals surface area contributed by atoms with Gasteiger partial charge in [-0.05, 0) is 65.5 Å². The van der Waals surface area contributed by atoms with E-state index >= 15 is 0 Å². The van der Waals surface area contributed by atoms with E-state index in [4.69, 9.17) is 0 Å². The molecule has 0 saturated heterocycles. The van der Waals surface area contributed by atoms with Crippen LogP contribution in [-0.2, 0) is 6.42 Å². The van der Waals surface area contributed by atoms with Gasteiger partial charge in [0.2, 0.25) is 0 Å². The summed E-state index contributed by atoms with van der Waals surface area (Å²) in [6, 6.07) is 16.0. The van der Waals surface area contributed by atoms with Gasteiger partial charge < -0.3 is 5.32 Å². The predicted octanol–water partition coefficient (Wildman–Crippen LogP) is 4.87. The third kappa shape index (κ3) is 4.15. The second-order valence-corrected chi connectivity index (χ2v) is 5.75. The van der Waals surface area contributed by atoms with Crippen molar-refractivity contribution in [3.05, 3.63) is 69.9 Å². The maximum atomic E-state index is 13.3. The normalized spacial score (nSPS) is 12.3. The molecule has 1 nitrogen and oxygen atoms in total. The van der Waals surface area contributed by atoms with Crippen LogP contribution in [0.5, 0.6) is 0 Å². The molecule has 0 amide bonds. The zero-order chi connectivity index (χ0) is 14.4. The summed E-state index contributed by atoms with van der Waals surface area (Å²) in [6.45, 7) is 0. The van der Waals surface area contributed by atoms with Crippen LogP contribution in [0.3, 0.4) is 0 Å². The van der Waals surface area contributed by atoms with E-state index in [0.717, 1.165) is 24.8 Å². The quantitative estimate of drug-likeness (QED) is 0.793. The van der Waals surface area contributed by atoms with Gasteiger partial charge in [-0.25, -0.2) is 4.39 Å². The highest BCUT2D eigenvalue weighted by atomic mass is 79.9. The minimum atomic E-state index is -0.215. The Bertz CT molecular complexity index is 542. The average molecular weight is 336 g/mol. The summed E-state index contributed by atoms with van der Waals surface area (Å²) >= 11 is 3.25. The number of aryl methyl sites for hydroxylation is 1. The monoisotopic (exact) mass is 335 g/mol. The van der Waals surface area contributed by atoms with Crippen molar-refractivity contribution in [3.8, 4) is 0 Å². The number of rotatable bonds is 6. The van der Waals surface area contributed by atoms with Gasteiger partial charge in [-0.1, -0.05) is 36.4 Å². The number of hydrogen-bond donors (Lipinski definition) is 1. The van der Waals surface area contributed by atoms with Crippen LogP contribution in [0.2, 0.25) is 0 Å². The lowest BCUT2D eigenvalue weighted by molar-refractivity contribution is 0.525. The minimum absolute atomic E-state index is 0.215. The first-order chi connectivity index (χ1) is 9.70. The van der Waals surface area contributed by atoms with E-state index in [1.165, 1.54) is 11.6 Å². The molecular weight excluding hydrogens is 317 g/mol. The average Bonchev–Trinajstić information content (AvgIpc) is 2.48. The van der Waals surface area contributed by atoms with Crippen LogP contribution in [0.4, 0.5) is 4.39 Å². The van der Waals surface area contributed by atoms with Crippen LogP contribution in [0.15, 0.2) is 53.0 Å². The Balaban J connectivity index is 1.93. The molecule has 3 heteroatoms. The SMILES string of the molecule is CNC(CCCc1ccccc1)c1ccc(F)c(Br)c1. The van der Waals surface area contributed by atoms with E-state index in [0.29, 0.717) is 4.47 Å². The van der Waals surface area contributed by atoms with Crippen LogP contribution >= 0.6 is 15.9 Å². The van der Waals surface area contributed by atoms with Gasteiger partial charge >= 0.3 is 0 Å². The highest BCUT2D eigenvalue weighted by Crippen LogP contribution is 2.24. The summed E-state index contributed by atoms with van der Waals surface area (Å²) in [4.78, 5) is 0. The van der Waals surface area contributed by atoms with Crippen molar-refractivity contribution in [2.24, 2.45) is 0 Å². The zero-order valence-corrected chi connectivity index (χ0v) is 13.2. The molecule has 0 aliphatic heterocycles. The maximum Gasteiger partial charge on any atom is 0.137 e. The van der Waals surface area contributed by atoms with Crippen molar-refractivity contribution in [2.45, 2.75) is 25.3 Å². The van der Waals surface area contributed by atoms with E-state index in [9.17, 15) is 4.39 Å². The van der Waals surface area contributed by atoms with Crippen LogP contribution in [-0.4, -0.2) is 7.05 Å². The second-order valence-electron chi connectivity index (χ2n) is 4.89. The summed E-state index contributed by atoms with van der Waals surface area (Å²) in [5.74, 6) is -0.215. The van der Waals surface area contributed by atoms with Crippen LogP contribution < -0.4 is 5.32 Å². The Kier molecular flexibility index (Phi) is 5.74. The molecule has 0 spiro atoms. The molecule has 0 heterocycles. The molecule has 106 valence electrons. The van der Waals surface area contributed by atoms with Crippen molar-refractivity contribution in [2.75, 3.05) is 7.05 Å². The molecule has 0 fully saturated rings. The molecule has 2 aromatic rings. The largest absolute Gasteiger partial charge is 0.313 e. The fourth-order valence-corrected chi connectivity index (χ4v) is 2.76. The molecule has 0 radical (unpaired) electrons. The van der Waals surface area contributed by atoms with Crippen molar-refractivity contribution in [1.82, 2.24) is 5.32 Å². The van der Waals surface area contributed by atoms with Gasteiger partial charge in [-0.2, -0.15) is 0 Å². The molecule has 0 aliphatic rings. The van der Waals surface area contributed by atoms with E-state index in [1.807, 2.05) is 25.2 Å². The van der Waals surface area contributed by atoms with Crippen LogP contribution in [0, 0.1) is 5.82 Å². The fraction of sp³-hybridized carbons (Fsp3) is 0.294. The third-order valence-electron chi connectivity index (χ3n) is 3.50. The maximum absolute atomic E-state index is 13.3. The lowest BCUT2D eigenvalue weighted by Gasteiger charge is -2.17. The molecule has 1 N–H and O–H groups in total. The number of halogens is 2. The highest BCUT2D eigenvalue weighted by Gasteiger charge is 2.11. The van der Waals surface area contributed by atoms with E-state index in [2.05, 4.69) is 45.5 Å². The number of nitrogens with one attached hydrogen (secondary N) is 1. The lowest BCUT2D eigenvalue weighted by Crippen LogP contribution is -2.16. The van der Waals surface area contributed by atoms with E-state index in [-0.39, 0.29) is 11.9 Å². The third-order valence-corrected chi connectivity index (χ3v) is 4.10. The highest BCUT2D eigenvalue weighted by molar-refractivity contribution is 9.10. The second kappa shape index (κ2) is 7.55. The van der Waals surface area contributed by atoms with Gasteiger partial charge in [0, 0.05) is 6.04 Å². The first-order valence-electron chi connectivity index (χ1n) is 6.87. The summed E-state index contributed by atoms with van der Waals surface area (Å²) in [6.07, 6.45) is 3.20. The number of hydrogen-bond acceptors (Lipinski definition) is 1. The smallest absolute Gasteiger partial charge is 0.137 e. The van der Waals surface area contributed by atoms with Crippen molar-refractivity contribution >= 4 is 15.9 Å². The Hall–Kier alpha value is -1.19. The van der Waals surface area contributed by atoms with Gasteiger partial charge in [-0.3, -0.25) is 0 Å². The van der Waals surface area contributed by atoms with Gasteiger partial charge in [0.25, 0.3) is 0 Å². The Labute approximate surface area is 128 Å². The Morgan fingerprint density at radius 1 is 1.15 bits per heavy atom. The van der Waals surface area contributed by atoms with Crippen molar-refractivity contribution in [3.63, 3.8) is 0 Å². The molecule has 0 aromatic heterocycles. The molecule has 2 aromatic carbocycles. The van der Waals surface area contributed by atoms with E-state index in [1.54, 1.807) is 0 Å². The molecule has 20 heavy (non-hydrogen) atoms.